The second-order valence-corrected chi connectivity index (χ2v) is 7.75. The van der Waals surface area contributed by atoms with Crippen LogP contribution in [0.3, 0.4) is 0 Å². The standard InChI is InChI=1S/C20H27FN2O2/c21-18-3-1-2-17(12-18)20(6-10-25-11-7-20)19(24)23-8-4-15-13-22-14-16(15)5-9-23/h1-3,12,15-16,22H,4-11,13-14H2/t15-,16+. The van der Waals surface area contributed by atoms with Gasteiger partial charge < -0.3 is 15.0 Å². The van der Waals surface area contributed by atoms with Crippen LogP contribution in [0.15, 0.2) is 24.3 Å². The highest BCUT2D eigenvalue weighted by Crippen LogP contribution is 2.38. The summed E-state index contributed by atoms with van der Waals surface area (Å²) in [6, 6.07) is 6.61. The van der Waals surface area contributed by atoms with E-state index in [1.807, 2.05) is 6.07 Å². The number of carbonyl (C=O) groups is 1. The van der Waals surface area contributed by atoms with Crippen LogP contribution in [0, 0.1) is 17.7 Å². The number of fused-ring (bicyclic) bond motifs is 1. The van der Waals surface area contributed by atoms with E-state index in [0.29, 0.717) is 37.9 Å². The fraction of sp³-hybridized carbons (Fsp3) is 0.650. The molecule has 0 saturated carbocycles. The topological polar surface area (TPSA) is 41.6 Å². The first-order valence-electron chi connectivity index (χ1n) is 9.53. The van der Waals surface area contributed by atoms with E-state index in [9.17, 15) is 9.18 Å². The van der Waals surface area contributed by atoms with Crippen molar-refractivity contribution in [3.63, 3.8) is 0 Å². The van der Waals surface area contributed by atoms with Gasteiger partial charge in [-0.3, -0.25) is 4.79 Å². The molecule has 4 nitrogen and oxygen atoms in total. The third-order valence-corrected chi connectivity index (χ3v) is 6.44. The van der Waals surface area contributed by atoms with Crippen molar-refractivity contribution in [2.45, 2.75) is 31.1 Å². The Bertz CT molecular complexity index is 616. The Morgan fingerprint density at radius 2 is 1.84 bits per heavy atom. The molecule has 3 aliphatic rings. The molecule has 0 aliphatic carbocycles. The van der Waals surface area contributed by atoms with Gasteiger partial charge in [-0.25, -0.2) is 4.39 Å². The van der Waals surface area contributed by atoms with Crippen LogP contribution in [0.4, 0.5) is 4.39 Å². The van der Waals surface area contributed by atoms with Crippen molar-refractivity contribution in [2.24, 2.45) is 11.8 Å². The van der Waals surface area contributed by atoms with Gasteiger partial charge in [0.1, 0.15) is 5.82 Å². The number of halogens is 1. The number of benzene rings is 1. The van der Waals surface area contributed by atoms with E-state index >= 15 is 0 Å². The van der Waals surface area contributed by atoms with Crippen LogP contribution < -0.4 is 5.32 Å². The minimum atomic E-state index is -0.627. The fourth-order valence-electron chi connectivity index (χ4n) is 4.86. The third-order valence-electron chi connectivity index (χ3n) is 6.44. The van der Waals surface area contributed by atoms with Crippen LogP contribution in [-0.4, -0.2) is 50.2 Å². The van der Waals surface area contributed by atoms with Crippen molar-refractivity contribution < 1.29 is 13.9 Å². The van der Waals surface area contributed by atoms with Gasteiger partial charge in [-0.1, -0.05) is 12.1 Å². The number of amides is 1. The normalized spacial score (nSPS) is 29.1. The minimum Gasteiger partial charge on any atom is -0.381 e. The van der Waals surface area contributed by atoms with Crippen molar-refractivity contribution >= 4 is 5.91 Å². The summed E-state index contributed by atoms with van der Waals surface area (Å²) < 4.78 is 19.4. The van der Waals surface area contributed by atoms with Crippen LogP contribution in [0.2, 0.25) is 0 Å². The molecule has 136 valence electrons. The SMILES string of the molecule is O=C(N1CC[C@@H]2CNC[C@@H]2CC1)C1(c2cccc(F)c2)CCOCC1. The zero-order valence-corrected chi connectivity index (χ0v) is 14.7. The van der Waals surface area contributed by atoms with Crippen LogP contribution in [0.25, 0.3) is 0 Å². The summed E-state index contributed by atoms with van der Waals surface area (Å²) in [5.74, 6) is 1.29. The lowest BCUT2D eigenvalue weighted by Gasteiger charge is -2.40. The summed E-state index contributed by atoms with van der Waals surface area (Å²) in [5, 5.41) is 3.48. The van der Waals surface area contributed by atoms with Crippen LogP contribution in [-0.2, 0) is 14.9 Å². The van der Waals surface area contributed by atoms with Crippen LogP contribution >= 0.6 is 0 Å². The van der Waals surface area contributed by atoms with E-state index < -0.39 is 5.41 Å². The number of likely N-dealkylation sites (tertiary alicyclic amines) is 1. The van der Waals surface area contributed by atoms with E-state index in [-0.39, 0.29) is 11.7 Å². The highest BCUT2D eigenvalue weighted by atomic mass is 19.1. The van der Waals surface area contributed by atoms with Gasteiger partial charge in [0.2, 0.25) is 5.91 Å². The first-order valence-corrected chi connectivity index (χ1v) is 9.53. The maximum absolute atomic E-state index is 13.9. The van der Waals surface area contributed by atoms with E-state index in [2.05, 4.69) is 10.2 Å². The first kappa shape index (κ1) is 17.0. The maximum Gasteiger partial charge on any atom is 0.233 e. The van der Waals surface area contributed by atoms with Crippen molar-refractivity contribution in [1.29, 1.82) is 0 Å². The molecule has 3 saturated heterocycles. The van der Waals surface area contributed by atoms with Crippen molar-refractivity contribution in [3.8, 4) is 0 Å². The monoisotopic (exact) mass is 346 g/mol. The van der Waals surface area contributed by atoms with E-state index in [4.69, 9.17) is 4.74 Å². The van der Waals surface area contributed by atoms with Gasteiger partial charge in [-0.05, 0) is 68.3 Å². The summed E-state index contributed by atoms with van der Waals surface area (Å²) >= 11 is 0. The largest absolute Gasteiger partial charge is 0.381 e. The van der Waals surface area contributed by atoms with Crippen molar-refractivity contribution in [1.82, 2.24) is 10.2 Å². The van der Waals surface area contributed by atoms with Gasteiger partial charge in [0.15, 0.2) is 0 Å². The molecule has 1 aromatic rings. The summed E-state index contributed by atoms with van der Waals surface area (Å²) in [7, 11) is 0. The molecule has 1 N–H and O–H groups in total. The molecule has 1 aromatic carbocycles. The molecule has 5 heteroatoms. The average Bonchev–Trinajstić information content (AvgIpc) is 3.00. The van der Waals surface area contributed by atoms with E-state index in [1.165, 1.54) is 6.07 Å². The molecule has 1 amide bonds. The molecule has 0 bridgehead atoms. The van der Waals surface area contributed by atoms with Crippen LogP contribution in [0.1, 0.15) is 31.2 Å². The zero-order valence-electron chi connectivity index (χ0n) is 14.7. The highest BCUT2D eigenvalue weighted by Gasteiger charge is 2.45. The quantitative estimate of drug-likeness (QED) is 0.894. The molecule has 0 spiro atoms. The van der Waals surface area contributed by atoms with Crippen molar-refractivity contribution in [3.05, 3.63) is 35.6 Å². The number of hydrogen-bond acceptors (Lipinski definition) is 3. The number of carbonyl (C=O) groups excluding carboxylic acids is 1. The molecule has 3 aliphatic heterocycles. The predicted molar refractivity (Wildman–Crippen MR) is 93.8 cm³/mol. The molecular weight excluding hydrogens is 319 g/mol. The number of nitrogens with zero attached hydrogens (tertiary/aromatic N) is 1. The van der Waals surface area contributed by atoms with Gasteiger partial charge in [0.25, 0.3) is 0 Å². The first-order chi connectivity index (χ1) is 12.2. The number of nitrogens with one attached hydrogen (secondary N) is 1. The molecule has 2 atom stereocenters. The zero-order chi connectivity index (χ0) is 17.3. The molecular formula is C20H27FN2O2. The number of rotatable bonds is 2. The third kappa shape index (κ3) is 3.20. The maximum atomic E-state index is 13.9. The number of ether oxygens (including phenoxy) is 1. The minimum absolute atomic E-state index is 0.175. The summed E-state index contributed by atoms with van der Waals surface area (Å²) in [6.07, 6.45) is 3.42. The Morgan fingerprint density at radius 3 is 2.48 bits per heavy atom. The lowest BCUT2D eigenvalue weighted by molar-refractivity contribution is -0.141. The second kappa shape index (κ2) is 7.04. The van der Waals surface area contributed by atoms with Gasteiger partial charge >= 0.3 is 0 Å². The summed E-state index contributed by atoms with van der Waals surface area (Å²) in [5.41, 5.74) is 0.185. The molecule has 0 radical (unpaired) electrons. The molecule has 0 unspecified atom stereocenters. The molecule has 3 heterocycles. The van der Waals surface area contributed by atoms with Crippen molar-refractivity contribution in [2.75, 3.05) is 39.4 Å². The lowest BCUT2D eigenvalue weighted by atomic mass is 9.73. The van der Waals surface area contributed by atoms with E-state index in [1.54, 1.807) is 12.1 Å². The summed E-state index contributed by atoms with van der Waals surface area (Å²) in [4.78, 5) is 15.6. The van der Waals surface area contributed by atoms with E-state index in [0.717, 1.165) is 44.6 Å². The number of hydrogen-bond donors (Lipinski definition) is 1. The molecule has 3 fully saturated rings. The van der Waals surface area contributed by atoms with Crippen LogP contribution in [0.5, 0.6) is 0 Å². The smallest absolute Gasteiger partial charge is 0.233 e. The Balaban J connectivity index is 1.60. The van der Waals surface area contributed by atoms with Gasteiger partial charge in [0, 0.05) is 26.3 Å². The van der Waals surface area contributed by atoms with Gasteiger partial charge in [-0.2, -0.15) is 0 Å². The average molecular weight is 346 g/mol. The highest BCUT2D eigenvalue weighted by molar-refractivity contribution is 5.88. The lowest BCUT2D eigenvalue weighted by Crippen LogP contribution is -2.50. The molecule has 25 heavy (non-hydrogen) atoms. The predicted octanol–water partition coefficient (Wildman–Crippen LogP) is 2.33. The molecule has 0 aromatic heterocycles. The Morgan fingerprint density at radius 1 is 1.16 bits per heavy atom. The Kier molecular flexibility index (Phi) is 4.78. The Hall–Kier alpha value is -1.46. The van der Waals surface area contributed by atoms with Gasteiger partial charge in [0.05, 0.1) is 5.41 Å². The molecule has 4 rings (SSSR count). The fourth-order valence-corrected chi connectivity index (χ4v) is 4.86. The van der Waals surface area contributed by atoms with Gasteiger partial charge in [-0.15, -0.1) is 0 Å². The Labute approximate surface area is 148 Å². The second-order valence-electron chi connectivity index (χ2n) is 7.75. The summed E-state index contributed by atoms with van der Waals surface area (Å²) in [6.45, 7) is 4.92.